The summed E-state index contributed by atoms with van der Waals surface area (Å²) in [7, 11) is 0. The first-order valence-corrected chi connectivity index (χ1v) is 6.79. The lowest BCUT2D eigenvalue weighted by Crippen LogP contribution is -2.33. The zero-order valence-corrected chi connectivity index (χ0v) is 12.4. The molecule has 22 heavy (non-hydrogen) atoms. The van der Waals surface area contributed by atoms with Gasteiger partial charge in [0.1, 0.15) is 11.3 Å². The van der Waals surface area contributed by atoms with Crippen molar-refractivity contribution in [2.24, 2.45) is 0 Å². The summed E-state index contributed by atoms with van der Waals surface area (Å²) in [6.07, 6.45) is 0.141. The van der Waals surface area contributed by atoms with E-state index in [1.54, 1.807) is 13.8 Å². The van der Waals surface area contributed by atoms with Crippen molar-refractivity contribution in [3.05, 3.63) is 33.9 Å². The highest BCUT2D eigenvalue weighted by Crippen LogP contribution is 2.24. The van der Waals surface area contributed by atoms with E-state index in [1.165, 1.54) is 18.2 Å². The molecule has 8 heteroatoms. The van der Waals surface area contributed by atoms with E-state index in [0.29, 0.717) is 12.4 Å². The Hall–Kier alpha value is -2.64. The van der Waals surface area contributed by atoms with Gasteiger partial charge in [-0.3, -0.25) is 19.7 Å². The first kappa shape index (κ1) is 17.4. The predicted molar refractivity (Wildman–Crippen MR) is 78.1 cm³/mol. The standard InChI is InChI=1S/C14H18N2O6/c1-3-22-10-5-6-12(16(20)21)11(8-10)14(19)15-9(2)4-7-13(17)18/h5-6,8-9H,3-4,7H2,1-2H3,(H,15,19)(H,17,18). The molecular formula is C14H18N2O6. The fraction of sp³-hybridized carbons (Fsp3) is 0.429. The molecule has 0 heterocycles. The number of hydrogen-bond donors (Lipinski definition) is 2. The molecule has 0 spiro atoms. The van der Waals surface area contributed by atoms with Gasteiger partial charge < -0.3 is 15.2 Å². The third-order valence-corrected chi connectivity index (χ3v) is 2.89. The Kier molecular flexibility index (Phi) is 6.30. The van der Waals surface area contributed by atoms with Crippen molar-refractivity contribution >= 4 is 17.6 Å². The molecule has 0 aliphatic carbocycles. The van der Waals surface area contributed by atoms with Gasteiger partial charge in [0.05, 0.1) is 11.5 Å². The predicted octanol–water partition coefficient (Wildman–Crippen LogP) is 1.98. The Bertz CT molecular complexity index is 572. The minimum Gasteiger partial charge on any atom is -0.494 e. The van der Waals surface area contributed by atoms with Gasteiger partial charge in [0, 0.05) is 18.5 Å². The normalized spacial score (nSPS) is 11.5. The van der Waals surface area contributed by atoms with E-state index in [4.69, 9.17) is 9.84 Å². The zero-order chi connectivity index (χ0) is 16.7. The van der Waals surface area contributed by atoms with Crippen LogP contribution < -0.4 is 10.1 Å². The van der Waals surface area contributed by atoms with Crippen molar-refractivity contribution in [1.29, 1.82) is 0 Å². The molecule has 0 radical (unpaired) electrons. The van der Waals surface area contributed by atoms with Gasteiger partial charge in [0.2, 0.25) is 0 Å². The van der Waals surface area contributed by atoms with Crippen LogP contribution in [0.4, 0.5) is 5.69 Å². The second kappa shape index (κ2) is 7.96. The second-order valence-corrected chi connectivity index (χ2v) is 4.68. The number of carboxylic acids is 1. The van der Waals surface area contributed by atoms with Crippen LogP contribution in [0.15, 0.2) is 18.2 Å². The number of amides is 1. The molecule has 0 fully saturated rings. The van der Waals surface area contributed by atoms with Gasteiger partial charge in [-0.15, -0.1) is 0 Å². The number of rotatable bonds is 8. The van der Waals surface area contributed by atoms with Crippen LogP contribution in [0, 0.1) is 10.1 Å². The molecule has 0 bridgehead atoms. The summed E-state index contributed by atoms with van der Waals surface area (Å²) in [4.78, 5) is 33.0. The molecule has 0 saturated heterocycles. The summed E-state index contributed by atoms with van der Waals surface area (Å²) >= 11 is 0. The summed E-state index contributed by atoms with van der Waals surface area (Å²) in [5.41, 5.74) is -0.440. The number of benzene rings is 1. The highest BCUT2D eigenvalue weighted by molar-refractivity contribution is 5.98. The third kappa shape index (κ3) is 5.04. The third-order valence-electron chi connectivity index (χ3n) is 2.89. The Balaban J connectivity index is 2.91. The average Bonchev–Trinajstić information content (AvgIpc) is 2.45. The minimum absolute atomic E-state index is 0.0947. The largest absolute Gasteiger partial charge is 0.494 e. The van der Waals surface area contributed by atoms with Crippen LogP contribution in [0.25, 0.3) is 0 Å². The van der Waals surface area contributed by atoms with Crippen LogP contribution >= 0.6 is 0 Å². The van der Waals surface area contributed by atoms with Crippen molar-refractivity contribution in [1.82, 2.24) is 5.32 Å². The lowest BCUT2D eigenvalue weighted by Gasteiger charge is -2.13. The van der Waals surface area contributed by atoms with Gasteiger partial charge in [-0.05, 0) is 32.4 Å². The number of nitro benzene ring substituents is 1. The molecule has 120 valence electrons. The van der Waals surface area contributed by atoms with Gasteiger partial charge in [-0.1, -0.05) is 0 Å². The number of nitro groups is 1. The smallest absolute Gasteiger partial charge is 0.303 e. The molecule has 0 aromatic heterocycles. The number of nitrogens with one attached hydrogen (secondary N) is 1. The lowest BCUT2D eigenvalue weighted by atomic mass is 10.1. The monoisotopic (exact) mass is 310 g/mol. The fourth-order valence-electron chi connectivity index (χ4n) is 1.83. The van der Waals surface area contributed by atoms with Crippen LogP contribution in [-0.4, -0.2) is 34.6 Å². The maximum atomic E-state index is 12.2. The summed E-state index contributed by atoms with van der Waals surface area (Å²) in [6.45, 7) is 3.77. The highest BCUT2D eigenvalue weighted by Gasteiger charge is 2.22. The first-order valence-electron chi connectivity index (χ1n) is 6.79. The van der Waals surface area contributed by atoms with Crippen LogP contribution in [0.1, 0.15) is 37.0 Å². The molecule has 2 N–H and O–H groups in total. The van der Waals surface area contributed by atoms with E-state index in [1.807, 2.05) is 0 Å². The molecule has 1 aromatic carbocycles. The van der Waals surface area contributed by atoms with Gasteiger partial charge >= 0.3 is 5.97 Å². The van der Waals surface area contributed by atoms with Gasteiger partial charge in [-0.2, -0.15) is 0 Å². The molecule has 0 aliphatic heterocycles. The van der Waals surface area contributed by atoms with E-state index < -0.39 is 22.8 Å². The SMILES string of the molecule is CCOc1ccc([N+](=O)[O-])c(C(=O)NC(C)CCC(=O)O)c1. The molecule has 8 nitrogen and oxygen atoms in total. The molecule has 1 rings (SSSR count). The number of carbonyl (C=O) groups is 2. The van der Waals surface area contributed by atoms with E-state index in [0.717, 1.165) is 0 Å². The molecule has 1 unspecified atom stereocenters. The van der Waals surface area contributed by atoms with Crippen molar-refractivity contribution in [3.8, 4) is 5.75 Å². The zero-order valence-electron chi connectivity index (χ0n) is 12.4. The molecule has 0 saturated carbocycles. The van der Waals surface area contributed by atoms with Crippen LogP contribution in [-0.2, 0) is 4.79 Å². The molecule has 1 atom stereocenters. The Morgan fingerprint density at radius 3 is 2.68 bits per heavy atom. The van der Waals surface area contributed by atoms with Crippen molar-refractivity contribution in [2.75, 3.05) is 6.61 Å². The van der Waals surface area contributed by atoms with Crippen LogP contribution in [0.5, 0.6) is 5.75 Å². The number of nitrogens with zero attached hydrogens (tertiary/aromatic N) is 1. The van der Waals surface area contributed by atoms with Crippen molar-refractivity contribution in [3.63, 3.8) is 0 Å². The number of aliphatic carboxylic acids is 1. The van der Waals surface area contributed by atoms with E-state index in [-0.39, 0.29) is 24.1 Å². The molecule has 1 amide bonds. The molecule has 1 aromatic rings. The Morgan fingerprint density at radius 1 is 1.45 bits per heavy atom. The molecule has 0 aliphatic rings. The van der Waals surface area contributed by atoms with Gasteiger partial charge in [0.25, 0.3) is 11.6 Å². The maximum Gasteiger partial charge on any atom is 0.303 e. The maximum absolute atomic E-state index is 12.2. The van der Waals surface area contributed by atoms with Gasteiger partial charge in [-0.25, -0.2) is 0 Å². The number of carboxylic acid groups (broad SMARTS) is 1. The second-order valence-electron chi connectivity index (χ2n) is 4.68. The van der Waals surface area contributed by atoms with Crippen LogP contribution in [0.3, 0.4) is 0 Å². The number of ether oxygens (including phenoxy) is 1. The van der Waals surface area contributed by atoms with E-state index >= 15 is 0 Å². The average molecular weight is 310 g/mol. The molecular weight excluding hydrogens is 292 g/mol. The first-order chi connectivity index (χ1) is 10.3. The fourth-order valence-corrected chi connectivity index (χ4v) is 1.83. The number of carbonyl (C=O) groups excluding carboxylic acids is 1. The Labute approximate surface area is 127 Å². The summed E-state index contributed by atoms with van der Waals surface area (Å²) in [5, 5.41) is 22.2. The topological polar surface area (TPSA) is 119 Å². The van der Waals surface area contributed by atoms with Gasteiger partial charge in [0.15, 0.2) is 0 Å². The quantitative estimate of drug-likeness (QED) is 0.559. The van der Waals surface area contributed by atoms with Crippen molar-refractivity contribution < 1.29 is 24.4 Å². The van der Waals surface area contributed by atoms with Crippen LogP contribution in [0.2, 0.25) is 0 Å². The van der Waals surface area contributed by atoms with E-state index in [9.17, 15) is 19.7 Å². The van der Waals surface area contributed by atoms with Crippen molar-refractivity contribution in [2.45, 2.75) is 32.7 Å². The highest BCUT2D eigenvalue weighted by atomic mass is 16.6. The van der Waals surface area contributed by atoms with E-state index in [2.05, 4.69) is 5.32 Å². The minimum atomic E-state index is -0.967. The summed E-state index contributed by atoms with van der Waals surface area (Å²) in [5.74, 6) is -1.24. The Morgan fingerprint density at radius 2 is 2.14 bits per heavy atom. The summed E-state index contributed by atoms with van der Waals surface area (Å²) in [6, 6.07) is 3.52. The lowest BCUT2D eigenvalue weighted by molar-refractivity contribution is -0.385. The summed E-state index contributed by atoms with van der Waals surface area (Å²) < 4.78 is 5.24. The number of hydrogen-bond acceptors (Lipinski definition) is 5.